The predicted octanol–water partition coefficient (Wildman–Crippen LogP) is 3.44. The third-order valence-corrected chi connectivity index (χ3v) is 7.47. The van der Waals surface area contributed by atoms with Crippen LogP contribution in [-0.2, 0) is 26.2 Å². The zero-order valence-electron chi connectivity index (χ0n) is 20.6. The Bertz CT molecular complexity index is 1250. The number of hydrogen-bond donors (Lipinski definition) is 1. The molecule has 0 aromatic heterocycles. The molecule has 8 nitrogen and oxygen atoms in total. The minimum Gasteiger partial charge on any atom is -0.497 e. The van der Waals surface area contributed by atoms with Crippen molar-refractivity contribution >= 4 is 27.5 Å². The number of amides is 2. The number of benzene rings is 3. The fraction of sp³-hybridized carbons (Fsp3) is 0.259. The van der Waals surface area contributed by atoms with E-state index in [1.807, 2.05) is 0 Å². The molecule has 0 aliphatic carbocycles. The Morgan fingerprint density at radius 2 is 1.50 bits per heavy atom. The molecule has 0 saturated heterocycles. The lowest BCUT2D eigenvalue weighted by Gasteiger charge is -2.32. The summed E-state index contributed by atoms with van der Waals surface area (Å²) in [7, 11) is -2.49. The molecular formula is C27H31N3O5S. The van der Waals surface area contributed by atoms with Crippen LogP contribution in [0.5, 0.6) is 5.75 Å². The van der Waals surface area contributed by atoms with Crippen molar-refractivity contribution in [2.24, 2.45) is 0 Å². The first-order valence-electron chi connectivity index (χ1n) is 11.6. The van der Waals surface area contributed by atoms with E-state index in [0.29, 0.717) is 18.0 Å². The Morgan fingerprint density at radius 1 is 0.917 bits per heavy atom. The van der Waals surface area contributed by atoms with Crippen LogP contribution in [0.25, 0.3) is 0 Å². The summed E-state index contributed by atoms with van der Waals surface area (Å²) < 4.78 is 33.5. The van der Waals surface area contributed by atoms with Crippen molar-refractivity contribution in [3.05, 3.63) is 90.5 Å². The summed E-state index contributed by atoms with van der Waals surface area (Å²) in [4.78, 5) is 27.9. The van der Waals surface area contributed by atoms with Crippen LogP contribution in [0.1, 0.15) is 19.4 Å². The number of rotatable bonds is 11. The van der Waals surface area contributed by atoms with E-state index in [1.165, 1.54) is 17.0 Å². The van der Waals surface area contributed by atoms with Crippen molar-refractivity contribution in [2.45, 2.75) is 31.3 Å². The van der Waals surface area contributed by atoms with Gasteiger partial charge in [-0.25, -0.2) is 8.42 Å². The summed E-state index contributed by atoms with van der Waals surface area (Å²) in [5, 5.41) is 2.74. The molecule has 1 atom stereocenters. The lowest BCUT2D eigenvalue weighted by molar-refractivity contribution is -0.139. The second-order valence-electron chi connectivity index (χ2n) is 8.10. The smallest absolute Gasteiger partial charge is 0.264 e. The maximum Gasteiger partial charge on any atom is 0.264 e. The Morgan fingerprint density at radius 3 is 2.06 bits per heavy atom. The van der Waals surface area contributed by atoms with Crippen LogP contribution in [0.2, 0.25) is 0 Å². The van der Waals surface area contributed by atoms with Crippen molar-refractivity contribution in [1.29, 1.82) is 0 Å². The molecule has 0 radical (unpaired) electrons. The number of carbonyl (C=O) groups is 2. The number of hydrogen-bond acceptors (Lipinski definition) is 5. The lowest BCUT2D eigenvalue weighted by atomic mass is 10.1. The Balaban J connectivity index is 1.97. The van der Waals surface area contributed by atoms with Crippen LogP contribution >= 0.6 is 0 Å². The van der Waals surface area contributed by atoms with Crippen molar-refractivity contribution in [3.8, 4) is 5.75 Å². The van der Waals surface area contributed by atoms with Crippen LogP contribution in [-0.4, -0.2) is 51.4 Å². The number of nitrogens with zero attached hydrogens (tertiary/aromatic N) is 2. The number of sulfonamides is 1. The zero-order valence-corrected chi connectivity index (χ0v) is 21.4. The number of ether oxygens (including phenoxy) is 1. The molecule has 36 heavy (non-hydrogen) atoms. The Labute approximate surface area is 212 Å². The van der Waals surface area contributed by atoms with Gasteiger partial charge < -0.3 is 15.0 Å². The highest BCUT2D eigenvalue weighted by Gasteiger charge is 2.32. The van der Waals surface area contributed by atoms with Crippen molar-refractivity contribution in [2.75, 3.05) is 24.5 Å². The quantitative estimate of drug-likeness (QED) is 0.427. The molecule has 0 bridgehead atoms. The molecule has 3 aromatic rings. The number of para-hydroxylation sites is 1. The summed E-state index contributed by atoms with van der Waals surface area (Å²) >= 11 is 0. The molecule has 0 spiro atoms. The predicted molar refractivity (Wildman–Crippen MR) is 139 cm³/mol. The maximum atomic E-state index is 13.7. The van der Waals surface area contributed by atoms with E-state index in [4.69, 9.17) is 4.74 Å². The van der Waals surface area contributed by atoms with E-state index in [9.17, 15) is 18.0 Å². The van der Waals surface area contributed by atoms with Crippen LogP contribution in [0.3, 0.4) is 0 Å². The average molecular weight is 510 g/mol. The van der Waals surface area contributed by atoms with Gasteiger partial charge in [0.2, 0.25) is 11.8 Å². The summed E-state index contributed by atoms with van der Waals surface area (Å²) in [5.41, 5.74) is 1.13. The topological polar surface area (TPSA) is 96.0 Å². The molecule has 0 fully saturated rings. The average Bonchev–Trinajstić information content (AvgIpc) is 2.91. The molecule has 0 unspecified atom stereocenters. The van der Waals surface area contributed by atoms with Crippen molar-refractivity contribution < 1.29 is 22.7 Å². The molecule has 0 saturated carbocycles. The largest absolute Gasteiger partial charge is 0.497 e. The van der Waals surface area contributed by atoms with E-state index < -0.39 is 28.5 Å². The van der Waals surface area contributed by atoms with Crippen LogP contribution in [0, 0.1) is 0 Å². The molecule has 9 heteroatoms. The zero-order chi connectivity index (χ0) is 26.1. The molecule has 0 aliphatic heterocycles. The number of carbonyl (C=O) groups excluding carboxylic acids is 2. The first-order valence-corrected chi connectivity index (χ1v) is 13.0. The molecule has 0 aliphatic rings. The van der Waals surface area contributed by atoms with Gasteiger partial charge in [0.25, 0.3) is 10.0 Å². The third kappa shape index (κ3) is 6.42. The van der Waals surface area contributed by atoms with E-state index in [-0.39, 0.29) is 17.3 Å². The molecule has 0 heterocycles. The summed E-state index contributed by atoms with van der Waals surface area (Å²) in [6, 6.07) is 22.7. The molecular weight excluding hydrogens is 478 g/mol. The van der Waals surface area contributed by atoms with Crippen molar-refractivity contribution in [3.63, 3.8) is 0 Å². The molecule has 3 aromatic carbocycles. The van der Waals surface area contributed by atoms with E-state index >= 15 is 0 Å². The fourth-order valence-corrected chi connectivity index (χ4v) is 5.11. The second kappa shape index (κ2) is 12.2. The number of likely N-dealkylation sites (N-methyl/N-ethyl adjacent to an activating group) is 1. The highest BCUT2D eigenvalue weighted by atomic mass is 32.2. The van der Waals surface area contributed by atoms with Gasteiger partial charge in [-0.3, -0.25) is 13.9 Å². The molecule has 3 rings (SSSR count). The van der Waals surface area contributed by atoms with Gasteiger partial charge in [-0.1, -0.05) is 48.5 Å². The van der Waals surface area contributed by atoms with Crippen LogP contribution in [0.4, 0.5) is 5.69 Å². The summed E-state index contributed by atoms with van der Waals surface area (Å²) in [6.45, 7) is 3.48. The van der Waals surface area contributed by atoms with Gasteiger partial charge in [-0.15, -0.1) is 0 Å². The second-order valence-corrected chi connectivity index (χ2v) is 9.96. The normalized spacial score (nSPS) is 11.9. The number of anilines is 1. The summed E-state index contributed by atoms with van der Waals surface area (Å²) in [5.74, 6) is -0.165. The minimum atomic E-state index is -4.05. The van der Waals surface area contributed by atoms with Gasteiger partial charge in [0.1, 0.15) is 18.3 Å². The molecule has 2 amide bonds. The van der Waals surface area contributed by atoms with Crippen LogP contribution < -0.4 is 14.4 Å². The third-order valence-electron chi connectivity index (χ3n) is 5.68. The lowest BCUT2D eigenvalue weighted by Crippen LogP contribution is -2.51. The van der Waals surface area contributed by atoms with Gasteiger partial charge in [0.05, 0.1) is 17.7 Å². The van der Waals surface area contributed by atoms with Gasteiger partial charge in [-0.2, -0.15) is 0 Å². The van der Waals surface area contributed by atoms with Gasteiger partial charge in [0, 0.05) is 13.1 Å². The highest BCUT2D eigenvalue weighted by molar-refractivity contribution is 7.92. The number of nitrogens with one attached hydrogen (secondary N) is 1. The van der Waals surface area contributed by atoms with Gasteiger partial charge >= 0.3 is 0 Å². The maximum absolute atomic E-state index is 13.7. The molecule has 1 N–H and O–H groups in total. The van der Waals surface area contributed by atoms with Crippen molar-refractivity contribution in [1.82, 2.24) is 10.2 Å². The standard InChI is InChI=1S/C27H31N3O5S/c1-4-28-27(32)21(2)29(19-22-15-17-24(35-3)18-16-22)26(31)20-30(23-11-7-5-8-12-23)36(33,34)25-13-9-6-10-14-25/h5-18,21H,4,19-20H2,1-3H3,(H,28,32)/t21-/m1/s1. The van der Waals surface area contributed by atoms with Crippen LogP contribution in [0.15, 0.2) is 89.8 Å². The minimum absolute atomic E-state index is 0.0696. The van der Waals surface area contributed by atoms with Gasteiger partial charge in [-0.05, 0) is 55.8 Å². The van der Waals surface area contributed by atoms with Gasteiger partial charge in [0.15, 0.2) is 0 Å². The Hall–Kier alpha value is -3.85. The van der Waals surface area contributed by atoms with E-state index in [1.54, 1.807) is 93.8 Å². The SMILES string of the molecule is CCNC(=O)[C@@H](C)N(Cc1ccc(OC)cc1)C(=O)CN(c1ccccc1)S(=O)(=O)c1ccccc1. The monoisotopic (exact) mass is 509 g/mol. The summed E-state index contributed by atoms with van der Waals surface area (Å²) in [6.07, 6.45) is 0. The number of methoxy groups -OCH3 is 1. The first kappa shape index (κ1) is 26.7. The van der Waals surface area contributed by atoms with E-state index in [0.717, 1.165) is 9.87 Å². The first-order chi connectivity index (χ1) is 17.3. The highest BCUT2D eigenvalue weighted by Crippen LogP contribution is 2.24. The molecule has 190 valence electrons. The Kier molecular flexibility index (Phi) is 9.08. The fourth-order valence-electron chi connectivity index (χ4n) is 3.67. The van der Waals surface area contributed by atoms with E-state index in [2.05, 4.69) is 5.32 Å².